The molecule has 2 aromatic carbocycles. The van der Waals surface area contributed by atoms with Gasteiger partial charge in [0.2, 0.25) is 5.91 Å². The van der Waals surface area contributed by atoms with Gasteiger partial charge in [-0.05, 0) is 41.8 Å². The first-order valence-corrected chi connectivity index (χ1v) is 7.68. The van der Waals surface area contributed by atoms with Crippen molar-refractivity contribution in [2.75, 3.05) is 14.2 Å². The van der Waals surface area contributed by atoms with Crippen LogP contribution in [-0.4, -0.2) is 25.0 Å². The zero-order chi connectivity index (χ0) is 16.8. The van der Waals surface area contributed by atoms with E-state index in [0.29, 0.717) is 24.4 Å². The van der Waals surface area contributed by atoms with Crippen molar-refractivity contribution in [2.24, 2.45) is 0 Å². The van der Waals surface area contributed by atoms with Gasteiger partial charge < -0.3 is 9.64 Å². The first-order valence-electron chi connectivity index (χ1n) is 7.30. The topological polar surface area (TPSA) is 29.5 Å². The Balaban J connectivity index is 1.91. The number of amides is 1. The lowest BCUT2D eigenvalue weighted by Gasteiger charge is -2.17. The molecule has 0 heterocycles. The average Bonchev–Trinajstić information content (AvgIpc) is 2.53. The molecule has 122 valence electrons. The molecule has 5 heteroatoms. The zero-order valence-electron chi connectivity index (χ0n) is 13.2. The molecule has 0 aromatic heterocycles. The van der Waals surface area contributed by atoms with Gasteiger partial charge >= 0.3 is 0 Å². The number of hydrogen-bond donors (Lipinski definition) is 0. The molecule has 2 aromatic rings. The van der Waals surface area contributed by atoms with E-state index < -0.39 is 5.82 Å². The first-order chi connectivity index (χ1) is 11.0. The highest BCUT2D eigenvalue weighted by molar-refractivity contribution is 6.30. The molecule has 3 nitrogen and oxygen atoms in total. The number of benzene rings is 2. The van der Waals surface area contributed by atoms with Gasteiger partial charge in [0, 0.05) is 25.0 Å². The molecule has 1 amide bonds. The summed E-state index contributed by atoms with van der Waals surface area (Å²) in [6.07, 6.45) is 1.01. The van der Waals surface area contributed by atoms with Crippen LogP contribution in [0.25, 0.3) is 0 Å². The van der Waals surface area contributed by atoms with Crippen molar-refractivity contribution >= 4 is 17.5 Å². The zero-order valence-corrected chi connectivity index (χ0v) is 13.9. The number of nitrogens with zero attached hydrogens (tertiary/aromatic N) is 1. The summed E-state index contributed by atoms with van der Waals surface area (Å²) in [5.41, 5.74) is 1.75. The predicted octanol–water partition coefficient (Wildman–Crippen LogP) is 4.08. The van der Waals surface area contributed by atoms with Gasteiger partial charge in [0.25, 0.3) is 0 Å². The normalized spacial score (nSPS) is 10.4. The first kappa shape index (κ1) is 17.3. The number of rotatable bonds is 6. The maximum Gasteiger partial charge on any atom is 0.222 e. The molecule has 0 saturated heterocycles. The van der Waals surface area contributed by atoms with Gasteiger partial charge in [-0.2, -0.15) is 0 Å². The maximum absolute atomic E-state index is 13.7. The molecule has 0 aliphatic rings. The highest BCUT2D eigenvalue weighted by Gasteiger charge is 2.11. The Bertz CT molecular complexity index is 690. The van der Waals surface area contributed by atoms with Crippen LogP contribution in [0.15, 0.2) is 42.5 Å². The Kier molecular flexibility index (Phi) is 5.99. The van der Waals surface area contributed by atoms with Crippen molar-refractivity contribution in [3.05, 3.63) is 64.4 Å². The molecule has 0 radical (unpaired) electrons. The highest BCUT2D eigenvalue weighted by atomic mass is 35.5. The average molecular weight is 336 g/mol. The standard InChI is InChI=1S/C18H19ClFNO2/c1-21(12-14-6-8-17(23-2)16(20)11-14)18(22)9-7-13-4-3-5-15(19)10-13/h3-6,8,10-11H,7,9,12H2,1-2H3. The van der Waals surface area contributed by atoms with Crippen molar-refractivity contribution in [2.45, 2.75) is 19.4 Å². The molecule has 23 heavy (non-hydrogen) atoms. The fourth-order valence-corrected chi connectivity index (χ4v) is 2.52. The van der Waals surface area contributed by atoms with Crippen molar-refractivity contribution < 1.29 is 13.9 Å². The van der Waals surface area contributed by atoms with E-state index in [9.17, 15) is 9.18 Å². The summed E-state index contributed by atoms with van der Waals surface area (Å²) in [5.74, 6) is -0.227. The molecule has 0 aliphatic heterocycles. The van der Waals surface area contributed by atoms with E-state index in [1.807, 2.05) is 18.2 Å². The summed E-state index contributed by atoms with van der Waals surface area (Å²) in [5, 5.41) is 0.664. The monoisotopic (exact) mass is 335 g/mol. The minimum absolute atomic E-state index is 0.00111. The lowest BCUT2D eigenvalue weighted by Crippen LogP contribution is -2.26. The maximum atomic E-state index is 13.7. The van der Waals surface area contributed by atoms with Crippen molar-refractivity contribution in [1.82, 2.24) is 4.90 Å². The number of hydrogen-bond acceptors (Lipinski definition) is 2. The number of carbonyl (C=O) groups excluding carboxylic acids is 1. The second kappa shape index (κ2) is 7.97. The third-order valence-electron chi connectivity index (χ3n) is 3.58. The number of carbonyl (C=O) groups is 1. The van der Waals surface area contributed by atoms with Gasteiger partial charge in [-0.3, -0.25) is 4.79 Å². The highest BCUT2D eigenvalue weighted by Crippen LogP contribution is 2.19. The smallest absolute Gasteiger partial charge is 0.222 e. The minimum atomic E-state index is -0.426. The van der Waals surface area contributed by atoms with Gasteiger partial charge in [-0.1, -0.05) is 29.8 Å². The Labute approximate surface area is 140 Å². The molecule has 2 rings (SSSR count). The quantitative estimate of drug-likeness (QED) is 0.796. The Morgan fingerprint density at radius 1 is 1.22 bits per heavy atom. The van der Waals surface area contributed by atoms with E-state index >= 15 is 0 Å². The van der Waals surface area contributed by atoms with E-state index in [0.717, 1.165) is 11.1 Å². The Morgan fingerprint density at radius 3 is 2.65 bits per heavy atom. The molecule has 0 unspecified atom stereocenters. The molecule has 0 atom stereocenters. The minimum Gasteiger partial charge on any atom is -0.494 e. The van der Waals surface area contributed by atoms with Crippen LogP contribution in [0.3, 0.4) is 0 Å². The SMILES string of the molecule is COc1ccc(CN(C)C(=O)CCc2cccc(Cl)c2)cc1F. The summed E-state index contributed by atoms with van der Waals surface area (Å²) >= 11 is 5.93. The lowest BCUT2D eigenvalue weighted by molar-refractivity contribution is -0.130. The largest absolute Gasteiger partial charge is 0.494 e. The summed E-state index contributed by atoms with van der Waals surface area (Å²) in [4.78, 5) is 13.8. The Hall–Kier alpha value is -2.07. The summed E-state index contributed by atoms with van der Waals surface area (Å²) in [6.45, 7) is 0.356. The molecule has 0 N–H and O–H groups in total. The van der Waals surface area contributed by atoms with Crippen molar-refractivity contribution in [3.8, 4) is 5.75 Å². The van der Waals surface area contributed by atoms with Crippen molar-refractivity contribution in [3.63, 3.8) is 0 Å². The van der Waals surface area contributed by atoms with Gasteiger partial charge in [0.1, 0.15) is 0 Å². The van der Waals surface area contributed by atoms with E-state index in [4.69, 9.17) is 16.3 Å². The lowest BCUT2D eigenvalue weighted by atomic mass is 10.1. The molecular formula is C18H19ClFNO2. The van der Waals surface area contributed by atoms with E-state index in [1.165, 1.54) is 13.2 Å². The van der Waals surface area contributed by atoms with Crippen LogP contribution in [0.1, 0.15) is 17.5 Å². The van der Waals surface area contributed by atoms with Gasteiger partial charge in [-0.25, -0.2) is 4.39 Å². The third kappa shape index (κ3) is 4.96. The third-order valence-corrected chi connectivity index (χ3v) is 3.81. The van der Waals surface area contributed by atoms with Crippen LogP contribution in [0.2, 0.25) is 5.02 Å². The second-order valence-corrected chi connectivity index (χ2v) is 5.79. The summed E-state index contributed by atoms with van der Waals surface area (Å²) < 4.78 is 18.6. The molecule has 0 fully saturated rings. The second-order valence-electron chi connectivity index (χ2n) is 5.35. The molecule has 0 spiro atoms. The molecular weight excluding hydrogens is 317 g/mol. The van der Waals surface area contributed by atoms with Gasteiger partial charge in [0.15, 0.2) is 11.6 Å². The fraction of sp³-hybridized carbons (Fsp3) is 0.278. The van der Waals surface area contributed by atoms with Crippen LogP contribution < -0.4 is 4.74 Å². The molecule has 0 aliphatic carbocycles. The molecule has 0 bridgehead atoms. The van der Waals surface area contributed by atoms with E-state index in [2.05, 4.69) is 0 Å². The van der Waals surface area contributed by atoms with E-state index in [-0.39, 0.29) is 11.7 Å². The number of methoxy groups -OCH3 is 1. The number of halogens is 2. The molecule has 0 saturated carbocycles. The predicted molar refractivity (Wildman–Crippen MR) is 89.2 cm³/mol. The van der Waals surface area contributed by atoms with Crippen LogP contribution >= 0.6 is 11.6 Å². The summed E-state index contributed by atoms with van der Waals surface area (Å²) in [6, 6.07) is 12.2. The van der Waals surface area contributed by atoms with Crippen LogP contribution in [-0.2, 0) is 17.8 Å². The van der Waals surface area contributed by atoms with Gasteiger partial charge in [0.05, 0.1) is 7.11 Å². The van der Waals surface area contributed by atoms with E-state index in [1.54, 1.807) is 30.1 Å². The fourth-order valence-electron chi connectivity index (χ4n) is 2.30. The van der Waals surface area contributed by atoms with Gasteiger partial charge in [-0.15, -0.1) is 0 Å². The van der Waals surface area contributed by atoms with Crippen LogP contribution in [0.4, 0.5) is 4.39 Å². The van der Waals surface area contributed by atoms with Crippen LogP contribution in [0, 0.1) is 5.82 Å². The number of ether oxygens (including phenoxy) is 1. The van der Waals surface area contributed by atoms with Crippen molar-refractivity contribution in [1.29, 1.82) is 0 Å². The Morgan fingerprint density at radius 2 is 2.00 bits per heavy atom. The summed E-state index contributed by atoms with van der Waals surface area (Å²) in [7, 11) is 3.13. The van der Waals surface area contributed by atoms with Crippen LogP contribution in [0.5, 0.6) is 5.75 Å². The number of aryl methyl sites for hydroxylation is 1.